The number of amides is 1. The summed E-state index contributed by atoms with van der Waals surface area (Å²) >= 11 is 0. The normalized spacial score (nSPS) is 32.5. The number of alkyl halides is 3. The molecule has 0 spiro atoms. The number of rotatable bonds is 4. The first kappa shape index (κ1) is 19.6. The van der Waals surface area contributed by atoms with Crippen molar-refractivity contribution in [3.8, 4) is 0 Å². The molecule has 0 aromatic heterocycles. The Morgan fingerprint density at radius 3 is 2.46 bits per heavy atom. The minimum Gasteiger partial charge on any atom is -0.395 e. The van der Waals surface area contributed by atoms with Crippen LogP contribution in [0.3, 0.4) is 0 Å². The quantitative estimate of drug-likeness (QED) is 0.594. The average molecular weight is 399 g/mol. The van der Waals surface area contributed by atoms with Crippen LogP contribution in [0.25, 0.3) is 0 Å². The molecule has 7 nitrogen and oxygen atoms in total. The summed E-state index contributed by atoms with van der Waals surface area (Å²) in [7, 11) is 0. The van der Waals surface area contributed by atoms with Crippen LogP contribution >= 0.6 is 0 Å². The fraction of sp³-hybridized carbons (Fsp3) is 0.611. The molecule has 3 saturated heterocycles. The van der Waals surface area contributed by atoms with Gasteiger partial charge in [-0.1, -0.05) is 12.1 Å². The van der Waals surface area contributed by atoms with Crippen LogP contribution in [-0.4, -0.2) is 59.1 Å². The van der Waals surface area contributed by atoms with Crippen LogP contribution in [0.15, 0.2) is 24.3 Å². The molecule has 3 aliphatic rings. The summed E-state index contributed by atoms with van der Waals surface area (Å²) in [5.74, 6) is -0.645. The first-order valence-corrected chi connectivity index (χ1v) is 9.42. The highest BCUT2D eigenvalue weighted by atomic mass is 19.4. The van der Waals surface area contributed by atoms with Crippen LogP contribution in [0.5, 0.6) is 0 Å². The number of halogens is 3. The molecule has 4 N–H and O–H groups in total. The highest BCUT2D eigenvalue weighted by Gasteiger charge is 2.51. The van der Waals surface area contributed by atoms with E-state index in [1.807, 2.05) is 11.9 Å². The summed E-state index contributed by atoms with van der Waals surface area (Å²) in [5.41, 5.74) is 3.16. The Kier molecular flexibility index (Phi) is 5.09. The van der Waals surface area contributed by atoms with E-state index in [0.29, 0.717) is 5.56 Å². The molecule has 4 rings (SSSR count). The van der Waals surface area contributed by atoms with Gasteiger partial charge in [0, 0.05) is 19.1 Å². The summed E-state index contributed by atoms with van der Waals surface area (Å²) in [6.45, 7) is 3.42. The summed E-state index contributed by atoms with van der Waals surface area (Å²) in [6, 6.07) is 4.26. The second kappa shape index (κ2) is 7.27. The van der Waals surface area contributed by atoms with Crippen molar-refractivity contribution in [2.45, 2.75) is 44.1 Å². The smallest absolute Gasteiger partial charge is 0.395 e. The van der Waals surface area contributed by atoms with Gasteiger partial charge in [-0.2, -0.15) is 13.2 Å². The molecule has 28 heavy (non-hydrogen) atoms. The Balaban J connectivity index is 1.56. The van der Waals surface area contributed by atoms with Gasteiger partial charge in [-0.15, -0.1) is 0 Å². The Labute approximate surface area is 160 Å². The van der Waals surface area contributed by atoms with Gasteiger partial charge < -0.3 is 10.4 Å². The van der Waals surface area contributed by atoms with Crippen molar-refractivity contribution in [3.63, 3.8) is 0 Å². The van der Waals surface area contributed by atoms with Crippen molar-refractivity contribution in [1.29, 1.82) is 0 Å². The number of hydrogen-bond donors (Lipinski definition) is 4. The Bertz CT molecular complexity index is 725. The number of benzene rings is 1. The molecule has 1 aromatic rings. The van der Waals surface area contributed by atoms with Crippen molar-refractivity contribution in [3.05, 3.63) is 35.4 Å². The molecule has 10 heteroatoms. The van der Waals surface area contributed by atoms with E-state index in [0.717, 1.165) is 31.6 Å². The molecule has 4 unspecified atom stereocenters. The number of hydrogen-bond acceptors (Lipinski definition) is 6. The largest absolute Gasteiger partial charge is 0.416 e. The first-order valence-electron chi connectivity index (χ1n) is 9.42. The van der Waals surface area contributed by atoms with E-state index in [2.05, 4.69) is 21.0 Å². The SMILES string of the molecule is C[C@@H](c1ccc(C(F)(F)F)cc1)N1NC(CO)C2C(=O)NC(N3CCC3)NC21. The first-order chi connectivity index (χ1) is 13.3. The van der Waals surface area contributed by atoms with Gasteiger partial charge in [0.05, 0.1) is 30.3 Å². The molecule has 0 radical (unpaired) electrons. The Morgan fingerprint density at radius 2 is 1.93 bits per heavy atom. The minimum absolute atomic E-state index is 0.144. The summed E-state index contributed by atoms with van der Waals surface area (Å²) < 4.78 is 38.5. The summed E-state index contributed by atoms with van der Waals surface area (Å²) in [4.78, 5) is 14.8. The van der Waals surface area contributed by atoms with E-state index in [1.54, 1.807) is 0 Å². The Morgan fingerprint density at radius 1 is 1.25 bits per heavy atom. The lowest BCUT2D eigenvalue weighted by Crippen LogP contribution is -2.71. The van der Waals surface area contributed by atoms with Crippen LogP contribution < -0.4 is 16.1 Å². The standard InChI is InChI=1S/C18H24F3N5O2/c1-10(11-3-5-12(6-4-11)18(19,20)21)26-15-14(13(9-27)24-26)16(28)23-17(22-15)25-7-2-8-25/h3-6,10,13-15,17,22,24,27H,2,7-9H2,1H3,(H,23,28)/t10-,13?,14?,15?,17?/m0/s1. The predicted octanol–water partition coefficient (Wildman–Crippen LogP) is 0.598. The van der Waals surface area contributed by atoms with E-state index in [-0.39, 0.29) is 31.0 Å². The number of carbonyl (C=O) groups is 1. The van der Waals surface area contributed by atoms with E-state index < -0.39 is 23.7 Å². The molecule has 1 aromatic carbocycles. The van der Waals surface area contributed by atoms with Crippen LogP contribution in [0.1, 0.15) is 30.5 Å². The lowest BCUT2D eigenvalue weighted by Gasteiger charge is -2.46. The van der Waals surface area contributed by atoms with Crippen molar-refractivity contribution < 1.29 is 23.1 Å². The van der Waals surface area contributed by atoms with Crippen molar-refractivity contribution in [1.82, 2.24) is 26.0 Å². The molecule has 0 aliphatic carbocycles. The molecule has 3 fully saturated rings. The zero-order valence-corrected chi connectivity index (χ0v) is 15.4. The maximum atomic E-state index is 12.8. The lowest BCUT2D eigenvalue weighted by molar-refractivity contribution is -0.138. The molecular formula is C18H24F3N5O2. The van der Waals surface area contributed by atoms with E-state index in [1.165, 1.54) is 12.1 Å². The van der Waals surface area contributed by atoms with Gasteiger partial charge in [0.25, 0.3) is 0 Å². The highest BCUT2D eigenvalue weighted by molar-refractivity contribution is 5.81. The number of likely N-dealkylation sites (tertiary alicyclic amines) is 1. The molecule has 5 atom stereocenters. The molecular weight excluding hydrogens is 375 g/mol. The fourth-order valence-corrected chi connectivity index (χ4v) is 4.10. The van der Waals surface area contributed by atoms with E-state index >= 15 is 0 Å². The number of carbonyl (C=O) groups excluding carboxylic acids is 1. The molecule has 1 amide bonds. The van der Waals surface area contributed by atoms with Crippen molar-refractivity contribution in [2.75, 3.05) is 19.7 Å². The van der Waals surface area contributed by atoms with Crippen LogP contribution in [0, 0.1) is 5.92 Å². The number of fused-ring (bicyclic) bond motifs is 1. The third kappa shape index (κ3) is 3.39. The zero-order valence-electron chi connectivity index (χ0n) is 15.4. The molecule has 3 heterocycles. The maximum absolute atomic E-state index is 12.8. The topological polar surface area (TPSA) is 79.9 Å². The number of hydrazine groups is 1. The number of aliphatic hydroxyl groups is 1. The Hall–Kier alpha value is -1.72. The fourth-order valence-electron chi connectivity index (χ4n) is 4.10. The van der Waals surface area contributed by atoms with Gasteiger partial charge in [0.2, 0.25) is 5.91 Å². The number of nitrogens with zero attached hydrogens (tertiary/aromatic N) is 2. The minimum atomic E-state index is -4.38. The van der Waals surface area contributed by atoms with Gasteiger partial charge in [-0.3, -0.25) is 15.0 Å². The predicted molar refractivity (Wildman–Crippen MR) is 94.2 cm³/mol. The van der Waals surface area contributed by atoms with E-state index in [4.69, 9.17) is 0 Å². The van der Waals surface area contributed by atoms with Gasteiger partial charge >= 0.3 is 6.18 Å². The van der Waals surface area contributed by atoms with Gasteiger partial charge in [0.15, 0.2) is 0 Å². The third-order valence-electron chi connectivity index (χ3n) is 5.89. The van der Waals surface area contributed by atoms with Gasteiger partial charge in [-0.25, -0.2) is 10.4 Å². The molecule has 154 valence electrons. The van der Waals surface area contributed by atoms with Crippen LogP contribution in [0.2, 0.25) is 0 Å². The average Bonchev–Trinajstić information content (AvgIpc) is 2.98. The van der Waals surface area contributed by atoms with Crippen LogP contribution in [-0.2, 0) is 11.0 Å². The summed E-state index contributed by atoms with van der Waals surface area (Å²) in [6.07, 6.45) is -3.97. The van der Waals surface area contributed by atoms with Crippen LogP contribution in [0.4, 0.5) is 13.2 Å². The zero-order chi connectivity index (χ0) is 20.1. The molecule has 3 aliphatic heterocycles. The summed E-state index contributed by atoms with van der Waals surface area (Å²) in [5, 5.41) is 17.9. The highest BCUT2D eigenvalue weighted by Crippen LogP contribution is 2.34. The molecule has 0 bridgehead atoms. The van der Waals surface area contributed by atoms with Crippen molar-refractivity contribution >= 4 is 5.91 Å². The monoisotopic (exact) mass is 399 g/mol. The van der Waals surface area contributed by atoms with Crippen molar-refractivity contribution in [2.24, 2.45) is 5.92 Å². The maximum Gasteiger partial charge on any atom is 0.416 e. The second-order valence-corrected chi connectivity index (χ2v) is 7.56. The van der Waals surface area contributed by atoms with E-state index in [9.17, 15) is 23.1 Å². The number of aliphatic hydroxyl groups excluding tert-OH is 1. The lowest BCUT2D eigenvalue weighted by atomic mass is 9.95. The third-order valence-corrected chi connectivity index (χ3v) is 5.89. The molecule has 0 saturated carbocycles. The second-order valence-electron chi connectivity index (χ2n) is 7.56. The van der Waals surface area contributed by atoms with Gasteiger partial charge in [-0.05, 0) is 31.0 Å². The number of nitrogens with one attached hydrogen (secondary N) is 3. The van der Waals surface area contributed by atoms with Gasteiger partial charge in [0.1, 0.15) is 6.29 Å².